The molecule has 0 atom stereocenters. The molecule has 0 bridgehead atoms. The monoisotopic (exact) mass is 244 g/mol. The molecule has 1 aliphatic rings. The van der Waals surface area contributed by atoms with Gasteiger partial charge >= 0.3 is 0 Å². The van der Waals surface area contributed by atoms with Crippen molar-refractivity contribution in [3.05, 3.63) is 17.6 Å². The van der Waals surface area contributed by atoms with Gasteiger partial charge in [-0.15, -0.1) is 0 Å². The summed E-state index contributed by atoms with van der Waals surface area (Å²) in [6, 6.07) is 0.575. The first kappa shape index (κ1) is 11.5. The van der Waals surface area contributed by atoms with Gasteiger partial charge in [-0.1, -0.05) is 19.3 Å². The van der Waals surface area contributed by atoms with E-state index in [1.165, 1.54) is 43.4 Å². The number of nitrogens with one attached hydrogen (secondary N) is 2. The average Bonchev–Trinajstić information content (AvgIpc) is 2.67. The zero-order valence-corrected chi connectivity index (χ0v) is 11.1. The molecule has 0 spiro atoms. The number of aromatic nitrogens is 3. The van der Waals surface area contributed by atoms with Crippen molar-refractivity contribution in [1.82, 2.24) is 15.0 Å². The summed E-state index contributed by atoms with van der Waals surface area (Å²) >= 11 is 0. The van der Waals surface area contributed by atoms with Crippen molar-refractivity contribution in [2.24, 2.45) is 0 Å². The average molecular weight is 244 g/mol. The minimum atomic E-state index is 0.575. The summed E-state index contributed by atoms with van der Waals surface area (Å²) in [4.78, 5) is 12.1. The van der Waals surface area contributed by atoms with Crippen molar-refractivity contribution in [2.75, 3.05) is 5.32 Å². The van der Waals surface area contributed by atoms with Crippen molar-refractivity contribution in [1.29, 1.82) is 0 Å². The smallest absolute Gasteiger partial charge is 0.143 e. The van der Waals surface area contributed by atoms with E-state index in [0.717, 1.165) is 16.9 Å². The normalized spacial score (nSPS) is 17.2. The Hall–Kier alpha value is -1.58. The Morgan fingerprint density at radius 3 is 2.72 bits per heavy atom. The van der Waals surface area contributed by atoms with Crippen LogP contribution in [0.2, 0.25) is 0 Å². The van der Waals surface area contributed by atoms with Crippen molar-refractivity contribution in [2.45, 2.75) is 52.0 Å². The van der Waals surface area contributed by atoms with E-state index >= 15 is 0 Å². The van der Waals surface area contributed by atoms with Crippen LogP contribution in [-0.4, -0.2) is 21.0 Å². The molecule has 1 fully saturated rings. The molecule has 2 heterocycles. The molecular weight excluding hydrogens is 224 g/mol. The van der Waals surface area contributed by atoms with Gasteiger partial charge in [0.05, 0.1) is 5.39 Å². The Labute approximate surface area is 107 Å². The molecule has 18 heavy (non-hydrogen) atoms. The number of fused-ring (bicyclic) bond motifs is 1. The summed E-state index contributed by atoms with van der Waals surface area (Å²) in [6.07, 6.45) is 8.19. The van der Waals surface area contributed by atoms with E-state index in [4.69, 9.17) is 0 Å². The first-order valence-electron chi connectivity index (χ1n) is 6.82. The Balaban J connectivity index is 1.95. The van der Waals surface area contributed by atoms with Crippen molar-refractivity contribution in [3.8, 4) is 0 Å². The molecule has 0 unspecified atom stereocenters. The molecule has 3 rings (SSSR count). The third-order valence-electron chi connectivity index (χ3n) is 4.04. The lowest BCUT2D eigenvalue weighted by molar-refractivity contribution is 0.462. The lowest BCUT2D eigenvalue weighted by Crippen LogP contribution is -2.23. The highest BCUT2D eigenvalue weighted by molar-refractivity contribution is 5.91. The van der Waals surface area contributed by atoms with Gasteiger partial charge in [0.25, 0.3) is 0 Å². The number of anilines is 1. The predicted octanol–water partition coefficient (Wildman–Crippen LogP) is 3.32. The summed E-state index contributed by atoms with van der Waals surface area (Å²) in [5.74, 6) is 0.994. The number of nitrogens with zero attached hydrogens (tertiary/aromatic N) is 2. The molecule has 2 aromatic rings. The minimum absolute atomic E-state index is 0.575. The molecule has 2 aromatic heterocycles. The number of aromatic amines is 1. The quantitative estimate of drug-likeness (QED) is 0.852. The highest BCUT2D eigenvalue weighted by Gasteiger charge is 2.17. The van der Waals surface area contributed by atoms with E-state index in [2.05, 4.69) is 34.1 Å². The topological polar surface area (TPSA) is 53.6 Å². The molecule has 0 amide bonds. The zero-order valence-electron chi connectivity index (χ0n) is 11.1. The van der Waals surface area contributed by atoms with Gasteiger partial charge in [0.2, 0.25) is 0 Å². The van der Waals surface area contributed by atoms with E-state index in [-0.39, 0.29) is 0 Å². The van der Waals surface area contributed by atoms with Crippen LogP contribution in [-0.2, 0) is 0 Å². The predicted molar refractivity (Wildman–Crippen MR) is 73.9 cm³/mol. The van der Waals surface area contributed by atoms with Crippen molar-refractivity contribution in [3.63, 3.8) is 0 Å². The van der Waals surface area contributed by atoms with Gasteiger partial charge in [-0.3, -0.25) is 0 Å². The summed E-state index contributed by atoms with van der Waals surface area (Å²) in [6.45, 7) is 4.21. The van der Waals surface area contributed by atoms with E-state index < -0.39 is 0 Å². The highest BCUT2D eigenvalue weighted by atomic mass is 15.1. The van der Waals surface area contributed by atoms with Crippen LogP contribution >= 0.6 is 0 Å². The van der Waals surface area contributed by atoms with Crippen molar-refractivity contribution >= 4 is 16.9 Å². The SMILES string of the molecule is Cc1[nH]c2ncnc(NC3CCCCC3)c2c1C. The maximum atomic E-state index is 4.43. The number of hydrogen-bond acceptors (Lipinski definition) is 3. The molecule has 0 aliphatic heterocycles. The lowest BCUT2D eigenvalue weighted by Gasteiger charge is -2.23. The summed E-state index contributed by atoms with van der Waals surface area (Å²) < 4.78 is 0. The first-order chi connectivity index (χ1) is 8.75. The Bertz CT molecular complexity index is 552. The Kier molecular flexibility index (Phi) is 2.94. The van der Waals surface area contributed by atoms with E-state index in [1.807, 2.05) is 0 Å². The van der Waals surface area contributed by atoms with Gasteiger partial charge in [-0.25, -0.2) is 9.97 Å². The summed E-state index contributed by atoms with van der Waals surface area (Å²) in [5.41, 5.74) is 3.37. The lowest BCUT2D eigenvalue weighted by atomic mass is 9.95. The second-order valence-corrected chi connectivity index (χ2v) is 5.30. The van der Waals surface area contributed by atoms with Gasteiger partial charge in [0, 0.05) is 11.7 Å². The van der Waals surface area contributed by atoms with Crippen LogP contribution in [0.3, 0.4) is 0 Å². The standard InChI is InChI=1S/C14H20N4/c1-9-10(2)17-13-12(9)14(16-8-15-13)18-11-6-4-3-5-7-11/h8,11H,3-7H2,1-2H3,(H2,15,16,17,18). The molecular formula is C14H20N4. The van der Waals surface area contributed by atoms with Gasteiger partial charge in [0.1, 0.15) is 17.8 Å². The van der Waals surface area contributed by atoms with E-state index in [9.17, 15) is 0 Å². The fourth-order valence-electron chi connectivity index (χ4n) is 2.84. The maximum Gasteiger partial charge on any atom is 0.143 e. The summed E-state index contributed by atoms with van der Waals surface area (Å²) in [5, 5.41) is 4.76. The number of hydrogen-bond donors (Lipinski definition) is 2. The van der Waals surface area contributed by atoms with Crippen LogP contribution in [0, 0.1) is 13.8 Å². The van der Waals surface area contributed by atoms with E-state index in [1.54, 1.807) is 6.33 Å². The van der Waals surface area contributed by atoms with Crippen LogP contribution in [0.15, 0.2) is 6.33 Å². The first-order valence-corrected chi connectivity index (χ1v) is 6.82. The second-order valence-electron chi connectivity index (χ2n) is 5.30. The van der Waals surface area contributed by atoms with Gasteiger partial charge in [-0.2, -0.15) is 0 Å². The van der Waals surface area contributed by atoms with Crippen LogP contribution in [0.5, 0.6) is 0 Å². The van der Waals surface area contributed by atoms with Crippen LogP contribution in [0.4, 0.5) is 5.82 Å². The largest absolute Gasteiger partial charge is 0.367 e. The van der Waals surface area contributed by atoms with Gasteiger partial charge < -0.3 is 10.3 Å². The molecule has 1 saturated carbocycles. The highest BCUT2D eigenvalue weighted by Crippen LogP contribution is 2.28. The number of H-pyrrole nitrogens is 1. The van der Waals surface area contributed by atoms with Crippen LogP contribution in [0.25, 0.3) is 11.0 Å². The Morgan fingerprint density at radius 2 is 1.94 bits per heavy atom. The fourth-order valence-corrected chi connectivity index (χ4v) is 2.84. The number of aryl methyl sites for hydroxylation is 2. The molecule has 2 N–H and O–H groups in total. The molecule has 0 saturated heterocycles. The van der Waals surface area contributed by atoms with E-state index in [0.29, 0.717) is 6.04 Å². The van der Waals surface area contributed by atoms with Gasteiger partial charge in [-0.05, 0) is 32.3 Å². The maximum absolute atomic E-state index is 4.43. The third-order valence-corrected chi connectivity index (χ3v) is 4.04. The number of rotatable bonds is 2. The molecule has 96 valence electrons. The molecule has 4 heteroatoms. The fraction of sp³-hybridized carbons (Fsp3) is 0.571. The van der Waals surface area contributed by atoms with Crippen LogP contribution in [0.1, 0.15) is 43.4 Å². The van der Waals surface area contributed by atoms with Crippen molar-refractivity contribution < 1.29 is 0 Å². The molecule has 4 nitrogen and oxygen atoms in total. The molecule has 0 radical (unpaired) electrons. The molecule has 1 aliphatic carbocycles. The van der Waals surface area contributed by atoms with Crippen LogP contribution < -0.4 is 5.32 Å². The second kappa shape index (κ2) is 4.59. The third kappa shape index (κ3) is 1.96. The molecule has 0 aromatic carbocycles. The Morgan fingerprint density at radius 1 is 1.17 bits per heavy atom. The minimum Gasteiger partial charge on any atom is -0.367 e. The van der Waals surface area contributed by atoms with Gasteiger partial charge in [0.15, 0.2) is 0 Å². The summed E-state index contributed by atoms with van der Waals surface area (Å²) in [7, 11) is 0. The zero-order chi connectivity index (χ0) is 12.5.